The van der Waals surface area contributed by atoms with Gasteiger partial charge in [0.05, 0.1) is 16.4 Å². The van der Waals surface area contributed by atoms with Crippen LogP contribution in [0.15, 0.2) is 36.5 Å². The first-order chi connectivity index (χ1) is 12.6. The summed E-state index contributed by atoms with van der Waals surface area (Å²) < 4.78 is 0. The first-order valence-electron chi connectivity index (χ1n) is 9.13. The number of pyridine rings is 1. The highest BCUT2D eigenvalue weighted by Crippen LogP contribution is 2.31. The van der Waals surface area contributed by atoms with E-state index in [0.29, 0.717) is 11.1 Å². The third-order valence-electron chi connectivity index (χ3n) is 5.12. The number of aryl methyl sites for hydroxylation is 1. The summed E-state index contributed by atoms with van der Waals surface area (Å²) in [6.07, 6.45) is 6.61. The lowest BCUT2D eigenvalue weighted by Crippen LogP contribution is -2.42. The van der Waals surface area contributed by atoms with Crippen LogP contribution in [0.3, 0.4) is 0 Å². The first-order valence-corrected chi connectivity index (χ1v) is 9.51. The Morgan fingerprint density at radius 2 is 2.04 bits per heavy atom. The van der Waals surface area contributed by atoms with Crippen molar-refractivity contribution in [1.29, 1.82) is 0 Å². The molecule has 4 rings (SSSR count). The van der Waals surface area contributed by atoms with Crippen molar-refractivity contribution >= 4 is 39.7 Å². The second-order valence-corrected chi connectivity index (χ2v) is 7.46. The Morgan fingerprint density at radius 1 is 1.19 bits per heavy atom. The Hall–Kier alpha value is -2.24. The summed E-state index contributed by atoms with van der Waals surface area (Å²) >= 11 is 6.09. The number of benzene rings is 1. The molecule has 2 aromatic heterocycles. The molecule has 2 heterocycles. The molecule has 26 heavy (non-hydrogen) atoms. The van der Waals surface area contributed by atoms with Gasteiger partial charge in [-0.05, 0) is 50.1 Å². The molecule has 1 fully saturated rings. The van der Waals surface area contributed by atoms with Crippen LogP contribution in [0.5, 0.6) is 0 Å². The lowest BCUT2D eigenvalue weighted by atomic mass is 9.91. The highest BCUT2D eigenvalue weighted by molar-refractivity contribution is 6.31. The number of nitrogens with two attached hydrogens (primary N) is 1. The molecule has 0 aliphatic heterocycles. The van der Waals surface area contributed by atoms with Crippen LogP contribution in [-0.4, -0.2) is 22.1 Å². The summed E-state index contributed by atoms with van der Waals surface area (Å²) in [6, 6.07) is 10.6. The van der Waals surface area contributed by atoms with Crippen LogP contribution in [0.1, 0.15) is 31.4 Å². The van der Waals surface area contributed by atoms with E-state index in [0.717, 1.165) is 46.6 Å². The molecule has 1 saturated carbocycles. The standard InChI is InChI=1S/C20H24ClN5/c1-12-15(21)6-7-20(24-12)26-19-11-13(10-18-14(19)8-9-23-18)25-17-5-3-2-4-16(17)22/h6-11,16-17,23,25H,2-5,22H2,1H3,(H,24,26)/t16-,17+/m0/s1. The summed E-state index contributed by atoms with van der Waals surface area (Å²) in [6.45, 7) is 1.90. The van der Waals surface area contributed by atoms with Gasteiger partial charge in [0.15, 0.2) is 0 Å². The Morgan fingerprint density at radius 3 is 2.85 bits per heavy atom. The fourth-order valence-corrected chi connectivity index (χ4v) is 3.76. The second-order valence-electron chi connectivity index (χ2n) is 7.05. The zero-order valence-corrected chi connectivity index (χ0v) is 15.6. The fraction of sp³-hybridized carbons (Fsp3) is 0.350. The molecule has 0 unspecified atom stereocenters. The maximum Gasteiger partial charge on any atom is 0.130 e. The molecular formula is C20H24ClN5. The number of fused-ring (bicyclic) bond motifs is 1. The average molecular weight is 370 g/mol. The molecule has 0 spiro atoms. The van der Waals surface area contributed by atoms with Crippen LogP contribution in [0.25, 0.3) is 10.9 Å². The molecule has 0 amide bonds. The molecule has 0 radical (unpaired) electrons. The van der Waals surface area contributed by atoms with Crippen LogP contribution in [0.4, 0.5) is 17.2 Å². The third-order valence-corrected chi connectivity index (χ3v) is 5.52. The van der Waals surface area contributed by atoms with Crippen LogP contribution in [0, 0.1) is 6.92 Å². The topological polar surface area (TPSA) is 78.8 Å². The lowest BCUT2D eigenvalue weighted by molar-refractivity contribution is 0.404. The van der Waals surface area contributed by atoms with Gasteiger partial charge in [-0.2, -0.15) is 0 Å². The van der Waals surface area contributed by atoms with Gasteiger partial charge in [-0.3, -0.25) is 0 Å². The summed E-state index contributed by atoms with van der Waals surface area (Å²) in [5.74, 6) is 0.779. The minimum atomic E-state index is 0.208. The first kappa shape index (κ1) is 17.2. The number of rotatable bonds is 4. The van der Waals surface area contributed by atoms with E-state index < -0.39 is 0 Å². The number of hydrogen-bond acceptors (Lipinski definition) is 4. The Labute approximate surface area is 158 Å². The molecule has 3 aromatic rings. The molecule has 1 aromatic carbocycles. The fourth-order valence-electron chi connectivity index (χ4n) is 3.66. The Bertz CT molecular complexity index is 920. The number of nitrogens with zero attached hydrogens (tertiary/aromatic N) is 1. The van der Waals surface area contributed by atoms with E-state index >= 15 is 0 Å². The molecule has 2 atom stereocenters. The third kappa shape index (κ3) is 3.50. The minimum Gasteiger partial charge on any atom is -0.381 e. The number of H-pyrrole nitrogens is 1. The number of hydrogen-bond donors (Lipinski definition) is 4. The van der Waals surface area contributed by atoms with E-state index in [9.17, 15) is 0 Å². The molecule has 0 bridgehead atoms. The molecular weight excluding hydrogens is 346 g/mol. The zero-order chi connectivity index (χ0) is 18.1. The van der Waals surface area contributed by atoms with Crippen molar-refractivity contribution in [3.63, 3.8) is 0 Å². The van der Waals surface area contributed by atoms with Gasteiger partial charge in [-0.15, -0.1) is 0 Å². The normalized spacial score (nSPS) is 20.3. The molecule has 0 saturated heterocycles. The van der Waals surface area contributed by atoms with E-state index in [-0.39, 0.29) is 6.04 Å². The average Bonchev–Trinajstić information content (AvgIpc) is 3.09. The number of aromatic nitrogens is 2. The maximum atomic E-state index is 6.30. The van der Waals surface area contributed by atoms with Crippen molar-refractivity contribution in [3.8, 4) is 0 Å². The molecule has 6 heteroatoms. The number of halogens is 1. The molecule has 5 N–H and O–H groups in total. The highest BCUT2D eigenvalue weighted by Gasteiger charge is 2.21. The predicted octanol–water partition coefficient (Wildman–Crippen LogP) is 4.95. The van der Waals surface area contributed by atoms with Gasteiger partial charge in [-0.25, -0.2) is 4.98 Å². The van der Waals surface area contributed by atoms with Crippen LogP contribution < -0.4 is 16.4 Å². The van der Waals surface area contributed by atoms with Gasteiger partial charge in [0, 0.05) is 34.9 Å². The largest absolute Gasteiger partial charge is 0.381 e. The predicted molar refractivity (Wildman–Crippen MR) is 109 cm³/mol. The molecule has 5 nitrogen and oxygen atoms in total. The van der Waals surface area contributed by atoms with Gasteiger partial charge in [0.2, 0.25) is 0 Å². The Kier molecular flexibility index (Phi) is 4.74. The Balaban J connectivity index is 1.64. The van der Waals surface area contributed by atoms with Gasteiger partial charge >= 0.3 is 0 Å². The van der Waals surface area contributed by atoms with E-state index in [1.807, 2.05) is 25.3 Å². The van der Waals surface area contributed by atoms with Crippen LogP contribution in [-0.2, 0) is 0 Å². The van der Waals surface area contributed by atoms with E-state index in [1.54, 1.807) is 0 Å². The highest BCUT2D eigenvalue weighted by atomic mass is 35.5. The minimum absolute atomic E-state index is 0.208. The van der Waals surface area contributed by atoms with Crippen LogP contribution in [0.2, 0.25) is 5.02 Å². The zero-order valence-electron chi connectivity index (χ0n) is 14.8. The van der Waals surface area contributed by atoms with Crippen molar-refractivity contribution in [2.24, 2.45) is 5.73 Å². The van der Waals surface area contributed by atoms with Crippen molar-refractivity contribution in [3.05, 3.63) is 47.2 Å². The summed E-state index contributed by atoms with van der Waals surface area (Å²) in [5.41, 5.74) is 10.3. The molecule has 136 valence electrons. The summed E-state index contributed by atoms with van der Waals surface area (Å²) in [7, 11) is 0. The van der Waals surface area contributed by atoms with Crippen molar-refractivity contribution in [2.45, 2.75) is 44.7 Å². The number of nitrogens with one attached hydrogen (secondary N) is 3. The van der Waals surface area contributed by atoms with Gasteiger partial charge < -0.3 is 21.4 Å². The van der Waals surface area contributed by atoms with Gasteiger partial charge in [0.1, 0.15) is 5.82 Å². The number of anilines is 3. The molecule has 1 aliphatic carbocycles. The van der Waals surface area contributed by atoms with E-state index in [2.05, 4.69) is 38.8 Å². The maximum absolute atomic E-state index is 6.30. The van der Waals surface area contributed by atoms with Gasteiger partial charge in [0.25, 0.3) is 0 Å². The lowest BCUT2D eigenvalue weighted by Gasteiger charge is -2.30. The smallest absolute Gasteiger partial charge is 0.130 e. The monoisotopic (exact) mass is 369 g/mol. The van der Waals surface area contributed by atoms with Crippen molar-refractivity contribution < 1.29 is 0 Å². The second kappa shape index (κ2) is 7.17. The summed E-state index contributed by atoms with van der Waals surface area (Å²) in [5, 5.41) is 8.86. The molecule has 1 aliphatic rings. The van der Waals surface area contributed by atoms with Gasteiger partial charge in [-0.1, -0.05) is 24.4 Å². The van der Waals surface area contributed by atoms with E-state index in [1.165, 1.54) is 12.8 Å². The van der Waals surface area contributed by atoms with Crippen LogP contribution >= 0.6 is 11.6 Å². The SMILES string of the molecule is Cc1nc(Nc2cc(N[C@@H]3CCCC[C@@H]3N)cc3[nH]ccc23)ccc1Cl. The van der Waals surface area contributed by atoms with Crippen molar-refractivity contribution in [1.82, 2.24) is 9.97 Å². The quantitative estimate of drug-likeness (QED) is 0.524. The van der Waals surface area contributed by atoms with E-state index in [4.69, 9.17) is 17.3 Å². The van der Waals surface area contributed by atoms with Crippen molar-refractivity contribution in [2.75, 3.05) is 10.6 Å². The number of aromatic amines is 1. The summed E-state index contributed by atoms with van der Waals surface area (Å²) in [4.78, 5) is 7.83.